The first-order valence-electron chi connectivity index (χ1n) is 5.82. The van der Waals surface area contributed by atoms with Gasteiger partial charge in [-0.05, 0) is 44.0 Å². The Kier molecular flexibility index (Phi) is 3.07. The number of hydrogen-bond donors (Lipinski definition) is 2. The molecule has 0 radical (unpaired) electrons. The Morgan fingerprint density at radius 3 is 3.00 bits per heavy atom. The fourth-order valence-electron chi connectivity index (χ4n) is 1.78. The number of carbonyl (C=O) groups excluding carboxylic acids is 1. The van der Waals surface area contributed by atoms with Crippen molar-refractivity contribution in [2.45, 2.75) is 25.9 Å². The molecule has 2 rings (SSSR count). The van der Waals surface area contributed by atoms with Crippen LogP contribution in [0.5, 0.6) is 0 Å². The van der Waals surface area contributed by atoms with E-state index in [1.165, 1.54) is 5.56 Å². The van der Waals surface area contributed by atoms with E-state index in [4.69, 9.17) is 10.5 Å². The quantitative estimate of drug-likeness (QED) is 0.779. The summed E-state index contributed by atoms with van der Waals surface area (Å²) in [5.74, 6) is -0.310. The van der Waals surface area contributed by atoms with Gasteiger partial charge in [-0.1, -0.05) is 0 Å². The molecule has 1 aliphatic heterocycles. The van der Waals surface area contributed by atoms with E-state index in [0.717, 1.165) is 18.7 Å². The van der Waals surface area contributed by atoms with Crippen LogP contribution in [0.3, 0.4) is 0 Å². The molecule has 0 amide bonds. The van der Waals surface area contributed by atoms with Crippen molar-refractivity contribution in [3.8, 4) is 0 Å². The van der Waals surface area contributed by atoms with Crippen molar-refractivity contribution in [2.24, 2.45) is 5.73 Å². The second-order valence-corrected chi connectivity index (χ2v) is 4.90. The van der Waals surface area contributed by atoms with Crippen molar-refractivity contribution in [2.75, 3.05) is 18.4 Å². The third-order valence-corrected chi connectivity index (χ3v) is 2.91. The monoisotopic (exact) mass is 234 g/mol. The topological polar surface area (TPSA) is 64.3 Å². The Bertz CT molecular complexity index is 441. The van der Waals surface area contributed by atoms with Gasteiger partial charge in [0.05, 0.1) is 5.56 Å². The Morgan fingerprint density at radius 1 is 1.53 bits per heavy atom. The number of nitrogens with one attached hydrogen (secondary N) is 1. The molecule has 0 spiro atoms. The summed E-state index contributed by atoms with van der Waals surface area (Å²) in [4.78, 5) is 11.9. The maximum absolute atomic E-state index is 11.9. The summed E-state index contributed by atoms with van der Waals surface area (Å²) in [6.07, 6.45) is 0.955. The number of fused-ring (bicyclic) bond motifs is 1. The van der Waals surface area contributed by atoms with E-state index < -0.39 is 5.60 Å². The third-order valence-electron chi connectivity index (χ3n) is 2.91. The largest absolute Gasteiger partial charge is 0.455 e. The Balaban J connectivity index is 2.15. The third kappa shape index (κ3) is 2.58. The van der Waals surface area contributed by atoms with E-state index >= 15 is 0 Å². The van der Waals surface area contributed by atoms with E-state index in [1.807, 2.05) is 12.1 Å². The minimum Gasteiger partial charge on any atom is -0.455 e. The van der Waals surface area contributed by atoms with Crippen LogP contribution in [-0.2, 0) is 11.2 Å². The molecular formula is C13H18N2O2. The van der Waals surface area contributed by atoms with Crippen LogP contribution < -0.4 is 11.1 Å². The van der Waals surface area contributed by atoms with Gasteiger partial charge in [-0.2, -0.15) is 0 Å². The number of hydrogen-bond acceptors (Lipinski definition) is 4. The molecule has 1 heterocycles. The molecule has 0 bridgehead atoms. The number of esters is 1. The highest BCUT2D eigenvalue weighted by Crippen LogP contribution is 2.24. The van der Waals surface area contributed by atoms with Gasteiger partial charge in [-0.15, -0.1) is 0 Å². The average Bonchev–Trinajstić information content (AvgIpc) is 2.75. The highest BCUT2D eigenvalue weighted by atomic mass is 16.6. The molecule has 4 nitrogen and oxygen atoms in total. The molecule has 3 N–H and O–H groups in total. The lowest BCUT2D eigenvalue weighted by molar-refractivity contribution is 0.00291. The molecule has 0 atom stereocenters. The zero-order valence-electron chi connectivity index (χ0n) is 10.2. The molecule has 4 heteroatoms. The van der Waals surface area contributed by atoms with Gasteiger partial charge in [0.1, 0.15) is 5.60 Å². The van der Waals surface area contributed by atoms with Crippen molar-refractivity contribution >= 4 is 11.7 Å². The van der Waals surface area contributed by atoms with Crippen LogP contribution in [0.1, 0.15) is 29.8 Å². The summed E-state index contributed by atoms with van der Waals surface area (Å²) in [6, 6.07) is 5.60. The summed E-state index contributed by atoms with van der Waals surface area (Å²) in [6.45, 7) is 4.85. The van der Waals surface area contributed by atoms with Gasteiger partial charge in [0.25, 0.3) is 0 Å². The van der Waals surface area contributed by atoms with Crippen molar-refractivity contribution in [1.82, 2.24) is 0 Å². The molecule has 92 valence electrons. The van der Waals surface area contributed by atoms with Crippen LogP contribution in [0.25, 0.3) is 0 Å². The standard InChI is InChI=1S/C13H18N2O2/c1-13(2,8-14)17-12(16)10-3-4-11-9(7-10)5-6-15-11/h3-4,7,15H,5-6,8,14H2,1-2H3. The van der Waals surface area contributed by atoms with Gasteiger partial charge in [0, 0.05) is 18.8 Å². The molecule has 0 aliphatic carbocycles. The predicted octanol–water partition coefficient (Wildman–Crippen LogP) is 1.55. The molecule has 1 aliphatic rings. The summed E-state index contributed by atoms with van der Waals surface area (Å²) in [5.41, 5.74) is 7.79. The predicted molar refractivity (Wildman–Crippen MR) is 67.2 cm³/mol. The smallest absolute Gasteiger partial charge is 0.338 e. The number of nitrogens with two attached hydrogens (primary N) is 1. The Morgan fingerprint density at radius 2 is 2.29 bits per heavy atom. The summed E-state index contributed by atoms with van der Waals surface area (Å²) >= 11 is 0. The van der Waals surface area contributed by atoms with Crippen LogP contribution >= 0.6 is 0 Å². The Labute approximate surface area is 101 Å². The van der Waals surface area contributed by atoms with Crippen molar-refractivity contribution < 1.29 is 9.53 Å². The molecule has 0 aromatic heterocycles. The summed E-state index contributed by atoms with van der Waals surface area (Å²) in [7, 11) is 0. The van der Waals surface area contributed by atoms with E-state index in [9.17, 15) is 4.79 Å². The zero-order chi connectivity index (χ0) is 12.5. The fourth-order valence-corrected chi connectivity index (χ4v) is 1.78. The molecule has 0 fully saturated rings. The lowest BCUT2D eigenvalue weighted by atomic mass is 10.1. The zero-order valence-corrected chi connectivity index (χ0v) is 10.2. The Hall–Kier alpha value is -1.55. The molecular weight excluding hydrogens is 216 g/mol. The van der Waals surface area contributed by atoms with Crippen LogP contribution in [0.15, 0.2) is 18.2 Å². The number of ether oxygens (including phenoxy) is 1. The highest BCUT2D eigenvalue weighted by molar-refractivity contribution is 5.90. The van der Waals surface area contributed by atoms with Gasteiger partial charge in [-0.25, -0.2) is 4.79 Å². The van der Waals surface area contributed by atoms with Gasteiger partial charge in [-0.3, -0.25) is 0 Å². The van der Waals surface area contributed by atoms with Crippen LogP contribution in [-0.4, -0.2) is 24.7 Å². The van der Waals surface area contributed by atoms with E-state index in [1.54, 1.807) is 19.9 Å². The van der Waals surface area contributed by atoms with Gasteiger partial charge in [0.2, 0.25) is 0 Å². The normalized spacial score (nSPS) is 14.1. The number of anilines is 1. The van der Waals surface area contributed by atoms with E-state index in [2.05, 4.69) is 5.32 Å². The van der Waals surface area contributed by atoms with E-state index in [-0.39, 0.29) is 5.97 Å². The minimum atomic E-state index is -0.617. The molecule has 0 unspecified atom stereocenters. The summed E-state index contributed by atoms with van der Waals surface area (Å²) < 4.78 is 5.35. The number of rotatable bonds is 3. The minimum absolute atomic E-state index is 0.310. The number of carbonyl (C=O) groups is 1. The second kappa shape index (κ2) is 4.37. The van der Waals surface area contributed by atoms with Crippen molar-refractivity contribution in [3.05, 3.63) is 29.3 Å². The van der Waals surface area contributed by atoms with Crippen LogP contribution in [0.2, 0.25) is 0 Å². The van der Waals surface area contributed by atoms with Crippen LogP contribution in [0, 0.1) is 0 Å². The van der Waals surface area contributed by atoms with Gasteiger partial charge < -0.3 is 15.8 Å². The summed E-state index contributed by atoms with van der Waals surface area (Å²) in [5, 5.41) is 3.25. The first kappa shape index (κ1) is 11.9. The fraction of sp³-hybridized carbons (Fsp3) is 0.462. The molecule has 0 saturated carbocycles. The molecule has 1 aromatic carbocycles. The maximum Gasteiger partial charge on any atom is 0.338 e. The molecule has 0 saturated heterocycles. The second-order valence-electron chi connectivity index (χ2n) is 4.90. The average molecular weight is 234 g/mol. The lowest BCUT2D eigenvalue weighted by Crippen LogP contribution is -2.36. The lowest BCUT2D eigenvalue weighted by Gasteiger charge is -2.23. The maximum atomic E-state index is 11.9. The first-order valence-corrected chi connectivity index (χ1v) is 5.82. The first-order chi connectivity index (χ1) is 8.02. The van der Waals surface area contributed by atoms with Crippen LogP contribution in [0.4, 0.5) is 5.69 Å². The SMILES string of the molecule is CC(C)(CN)OC(=O)c1ccc2c(c1)CCN2. The van der Waals surface area contributed by atoms with Crippen molar-refractivity contribution in [1.29, 1.82) is 0 Å². The number of benzene rings is 1. The van der Waals surface area contributed by atoms with E-state index in [0.29, 0.717) is 12.1 Å². The van der Waals surface area contributed by atoms with Gasteiger partial charge >= 0.3 is 5.97 Å². The van der Waals surface area contributed by atoms with Crippen molar-refractivity contribution in [3.63, 3.8) is 0 Å². The highest BCUT2D eigenvalue weighted by Gasteiger charge is 2.22. The van der Waals surface area contributed by atoms with Gasteiger partial charge in [0.15, 0.2) is 0 Å². The molecule has 17 heavy (non-hydrogen) atoms. The molecule has 1 aromatic rings.